The van der Waals surface area contributed by atoms with Crippen LogP contribution in [-0.2, 0) is 4.79 Å². The van der Waals surface area contributed by atoms with Crippen LogP contribution in [0.3, 0.4) is 0 Å². The van der Waals surface area contributed by atoms with Crippen molar-refractivity contribution < 1.29 is 27.9 Å². The number of aromatic nitrogens is 2. The Morgan fingerprint density at radius 3 is 2.64 bits per heavy atom. The molecule has 176 valence electrons. The van der Waals surface area contributed by atoms with E-state index < -0.39 is 12.1 Å². The molecule has 33 heavy (non-hydrogen) atoms. The minimum atomic E-state index is -5.08. The number of para-hydroxylation sites is 1. The van der Waals surface area contributed by atoms with E-state index >= 15 is 0 Å². The number of thiophene rings is 1. The van der Waals surface area contributed by atoms with E-state index in [4.69, 9.17) is 26.5 Å². The Balaban J connectivity index is 0.000000383. The lowest BCUT2D eigenvalue weighted by Gasteiger charge is -2.20. The number of rotatable bonds is 3. The van der Waals surface area contributed by atoms with Crippen LogP contribution in [0, 0.1) is 0 Å². The van der Waals surface area contributed by atoms with Crippen LogP contribution in [0.1, 0.15) is 16.8 Å². The molecule has 2 aromatic heterocycles. The third-order valence-corrected chi connectivity index (χ3v) is 5.75. The van der Waals surface area contributed by atoms with Gasteiger partial charge in [0.25, 0.3) is 5.91 Å². The molecule has 0 saturated carbocycles. The number of nitrogens with one attached hydrogen (secondary N) is 2. The highest BCUT2D eigenvalue weighted by atomic mass is 35.5. The fourth-order valence-electron chi connectivity index (χ4n) is 2.94. The average Bonchev–Trinajstić information content (AvgIpc) is 3.00. The van der Waals surface area contributed by atoms with Gasteiger partial charge < -0.3 is 20.6 Å². The van der Waals surface area contributed by atoms with Crippen LogP contribution in [-0.4, -0.2) is 59.3 Å². The fourth-order valence-corrected chi connectivity index (χ4v) is 3.95. The summed E-state index contributed by atoms with van der Waals surface area (Å²) >= 11 is 7.56. The highest BCUT2D eigenvalue weighted by Crippen LogP contribution is 2.27. The first kappa shape index (κ1) is 24.7. The second-order valence-corrected chi connectivity index (χ2v) is 8.12. The Hall–Kier alpha value is -2.96. The number of amides is 1. The van der Waals surface area contributed by atoms with Crippen molar-refractivity contribution in [1.29, 1.82) is 0 Å². The lowest BCUT2D eigenvalue weighted by molar-refractivity contribution is -0.192. The molecule has 1 saturated heterocycles. The monoisotopic (exact) mass is 501 g/mol. The Bertz CT molecular complexity index is 1130. The zero-order valence-corrected chi connectivity index (χ0v) is 18.6. The number of fused-ring (bicyclic) bond motifs is 1. The molecular weight excluding hydrogens is 483 g/mol. The predicted octanol–water partition coefficient (Wildman–Crippen LogP) is 4.03. The highest BCUT2D eigenvalue weighted by molar-refractivity contribution is 7.17. The van der Waals surface area contributed by atoms with Gasteiger partial charge in [-0.1, -0.05) is 23.7 Å². The second-order valence-electron chi connectivity index (χ2n) is 6.86. The van der Waals surface area contributed by atoms with Crippen LogP contribution in [0.4, 0.5) is 24.7 Å². The lowest BCUT2D eigenvalue weighted by atomic mass is 10.2. The summed E-state index contributed by atoms with van der Waals surface area (Å²) in [6.07, 6.45) is -2.23. The third-order valence-electron chi connectivity index (χ3n) is 4.54. The molecule has 0 bridgehead atoms. The Kier molecular flexibility index (Phi) is 8.06. The Labute approximate surface area is 195 Å². The number of carboxylic acids is 1. The van der Waals surface area contributed by atoms with Gasteiger partial charge in [-0.15, -0.1) is 11.3 Å². The summed E-state index contributed by atoms with van der Waals surface area (Å²) in [7, 11) is 0. The first-order valence-electron chi connectivity index (χ1n) is 9.72. The van der Waals surface area contributed by atoms with E-state index in [0.717, 1.165) is 43.2 Å². The molecule has 1 aliphatic rings. The summed E-state index contributed by atoms with van der Waals surface area (Å²) in [5, 5.41) is 15.7. The largest absolute Gasteiger partial charge is 0.490 e. The molecule has 0 radical (unpaired) electrons. The van der Waals surface area contributed by atoms with Crippen molar-refractivity contribution in [2.45, 2.75) is 12.6 Å². The van der Waals surface area contributed by atoms with Crippen LogP contribution < -0.4 is 15.5 Å². The van der Waals surface area contributed by atoms with Crippen molar-refractivity contribution in [2.75, 3.05) is 36.4 Å². The predicted molar refractivity (Wildman–Crippen MR) is 120 cm³/mol. The van der Waals surface area contributed by atoms with Crippen molar-refractivity contribution in [1.82, 2.24) is 15.3 Å². The van der Waals surface area contributed by atoms with Crippen LogP contribution in [0.25, 0.3) is 10.3 Å². The molecule has 8 nitrogen and oxygen atoms in total. The maximum absolute atomic E-state index is 12.7. The van der Waals surface area contributed by atoms with E-state index in [0.29, 0.717) is 21.8 Å². The van der Waals surface area contributed by atoms with E-state index in [1.807, 2.05) is 12.1 Å². The maximum atomic E-state index is 12.7. The summed E-state index contributed by atoms with van der Waals surface area (Å²) < 4.78 is 31.7. The molecule has 1 amide bonds. The van der Waals surface area contributed by atoms with Gasteiger partial charge in [-0.05, 0) is 25.1 Å². The summed E-state index contributed by atoms with van der Waals surface area (Å²) in [4.78, 5) is 33.8. The van der Waals surface area contributed by atoms with Crippen LogP contribution >= 0.6 is 22.9 Å². The van der Waals surface area contributed by atoms with Gasteiger partial charge >= 0.3 is 12.1 Å². The minimum Gasteiger partial charge on any atom is -0.475 e. The topological polar surface area (TPSA) is 107 Å². The molecule has 3 heterocycles. The van der Waals surface area contributed by atoms with Crippen molar-refractivity contribution in [3.63, 3.8) is 0 Å². The SMILES string of the molecule is O=C(Nc1ccccc1Cl)c1csc2ncc(N3CCCNCC3)nc12.O=C(O)C(F)(F)F. The number of hydrogen-bond acceptors (Lipinski definition) is 7. The molecule has 3 aromatic rings. The Morgan fingerprint density at radius 2 is 1.94 bits per heavy atom. The highest BCUT2D eigenvalue weighted by Gasteiger charge is 2.38. The number of benzene rings is 1. The van der Waals surface area contributed by atoms with E-state index in [-0.39, 0.29) is 5.91 Å². The molecule has 13 heteroatoms. The normalized spacial score (nSPS) is 14.2. The minimum absolute atomic E-state index is 0.228. The molecule has 3 N–H and O–H groups in total. The number of halogens is 4. The summed E-state index contributed by atoms with van der Waals surface area (Å²) in [5.74, 6) is -2.17. The van der Waals surface area contributed by atoms with Crippen molar-refractivity contribution in [3.05, 3.63) is 46.4 Å². The standard InChI is InChI=1S/C18H18ClN5OS.C2HF3O2/c19-13-4-1-2-5-14(13)22-17(25)12-11-26-18-16(12)23-15(10-21-18)24-8-3-6-20-7-9-24;3-2(4,5)1(6)7/h1-2,4-5,10-11,20H,3,6-9H2,(H,22,25);(H,6,7). The van der Waals surface area contributed by atoms with E-state index in [1.54, 1.807) is 23.7 Å². The van der Waals surface area contributed by atoms with Gasteiger partial charge in [0, 0.05) is 25.0 Å². The lowest BCUT2D eigenvalue weighted by Crippen LogP contribution is -2.28. The summed E-state index contributed by atoms with van der Waals surface area (Å²) in [5.41, 5.74) is 1.74. The first-order chi connectivity index (χ1) is 15.7. The van der Waals surface area contributed by atoms with E-state index in [2.05, 4.69) is 20.5 Å². The molecular formula is C20H19ClF3N5O3S. The quantitative estimate of drug-likeness (QED) is 0.497. The van der Waals surface area contributed by atoms with Gasteiger partial charge in [0.2, 0.25) is 0 Å². The van der Waals surface area contributed by atoms with Crippen molar-refractivity contribution >= 4 is 56.7 Å². The molecule has 0 unspecified atom stereocenters. The number of nitrogens with zero attached hydrogens (tertiary/aromatic N) is 3. The zero-order valence-electron chi connectivity index (χ0n) is 17.0. The van der Waals surface area contributed by atoms with Gasteiger partial charge in [-0.3, -0.25) is 4.79 Å². The number of hydrogen-bond donors (Lipinski definition) is 3. The van der Waals surface area contributed by atoms with Gasteiger partial charge in [-0.2, -0.15) is 13.2 Å². The number of aliphatic carboxylic acids is 1. The summed E-state index contributed by atoms with van der Waals surface area (Å²) in [6, 6.07) is 7.18. The second kappa shape index (κ2) is 10.8. The molecule has 1 aromatic carbocycles. The van der Waals surface area contributed by atoms with Crippen molar-refractivity contribution in [3.8, 4) is 0 Å². The maximum Gasteiger partial charge on any atom is 0.490 e. The van der Waals surface area contributed by atoms with Gasteiger partial charge in [0.1, 0.15) is 16.2 Å². The molecule has 0 aliphatic carbocycles. The average molecular weight is 502 g/mol. The summed E-state index contributed by atoms with van der Waals surface area (Å²) in [6.45, 7) is 3.74. The molecule has 1 fully saturated rings. The molecule has 0 spiro atoms. The molecule has 4 rings (SSSR count). The molecule has 0 atom stereocenters. The van der Waals surface area contributed by atoms with Crippen LogP contribution in [0.5, 0.6) is 0 Å². The first-order valence-corrected chi connectivity index (χ1v) is 11.0. The fraction of sp³-hybridized carbons (Fsp3) is 0.300. The van der Waals surface area contributed by atoms with Gasteiger partial charge in [0.05, 0.1) is 22.5 Å². The van der Waals surface area contributed by atoms with Gasteiger partial charge in [0.15, 0.2) is 0 Å². The number of carbonyl (C=O) groups excluding carboxylic acids is 1. The van der Waals surface area contributed by atoms with Crippen LogP contribution in [0.2, 0.25) is 5.02 Å². The number of carboxylic acid groups (broad SMARTS) is 1. The number of carbonyl (C=O) groups is 2. The smallest absolute Gasteiger partial charge is 0.475 e. The zero-order chi connectivity index (χ0) is 24.0. The van der Waals surface area contributed by atoms with Crippen LogP contribution in [0.15, 0.2) is 35.8 Å². The van der Waals surface area contributed by atoms with E-state index in [9.17, 15) is 18.0 Å². The Morgan fingerprint density at radius 1 is 1.21 bits per heavy atom. The third kappa shape index (κ3) is 6.53. The van der Waals surface area contributed by atoms with E-state index in [1.165, 1.54) is 11.3 Å². The molecule has 1 aliphatic heterocycles. The van der Waals surface area contributed by atoms with Crippen molar-refractivity contribution in [2.24, 2.45) is 0 Å². The number of alkyl halides is 3. The number of anilines is 2. The van der Waals surface area contributed by atoms with Gasteiger partial charge in [-0.25, -0.2) is 14.8 Å².